The molecule has 2 rings (SSSR count). The van der Waals surface area contributed by atoms with Crippen molar-refractivity contribution >= 4 is 17.6 Å². The van der Waals surface area contributed by atoms with Crippen LogP contribution in [0.3, 0.4) is 0 Å². The number of ether oxygens (including phenoxy) is 1. The first-order valence-corrected chi connectivity index (χ1v) is 7.33. The minimum absolute atomic E-state index is 0.00554. The molecule has 1 N–H and O–H groups in total. The van der Waals surface area contributed by atoms with Gasteiger partial charge in [0.2, 0.25) is 11.8 Å². The lowest BCUT2D eigenvalue weighted by Gasteiger charge is -2.29. The van der Waals surface area contributed by atoms with Gasteiger partial charge in [0, 0.05) is 39.2 Å². The van der Waals surface area contributed by atoms with E-state index in [4.69, 9.17) is 9.26 Å². The number of anilines is 1. The highest BCUT2D eigenvalue weighted by atomic mass is 16.5. The van der Waals surface area contributed by atoms with Crippen LogP contribution in [0.15, 0.2) is 10.6 Å². The molecule has 0 aliphatic carbocycles. The maximum atomic E-state index is 12.0. The Morgan fingerprint density at radius 2 is 2.14 bits per heavy atom. The Labute approximate surface area is 129 Å². The Balaban J connectivity index is 1.79. The lowest BCUT2D eigenvalue weighted by atomic mass is 10.3. The number of rotatable bonds is 6. The van der Waals surface area contributed by atoms with Crippen molar-refractivity contribution in [3.05, 3.63) is 11.8 Å². The second-order valence-electron chi connectivity index (χ2n) is 5.27. The monoisotopic (exact) mass is 310 g/mol. The largest absolute Gasteiger partial charge is 0.379 e. The summed E-state index contributed by atoms with van der Waals surface area (Å²) in [5.74, 6) is 0.565. The molecule has 0 aromatic carbocycles. The predicted octanol–water partition coefficient (Wildman–Crippen LogP) is 0.102. The quantitative estimate of drug-likeness (QED) is 0.802. The van der Waals surface area contributed by atoms with Crippen molar-refractivity contribution < 1.29 is 18.8 Å². The zero-order chi connectivity index (χ0) is 15.9. The third kappa shape index (κ3) is 5.12. The van der Waals surface area contributed by atoms with Crippen molar-refractivity contribution in [1.29, 1.82) is 0 Å². The SMILES string of the molecule is CC(=O)N(CCN1CCOCC1)CC(=O)Nc1cc(C)on1. The van der Waals surface area contributed by atoms with E-state index in [9.17, 15) is 9.59 Å². The van der Waals surface area contributed by atoms with Gasteiger partial charge in [-0.25, -0.2) is 0 Å². The van der Waals surface area contributed by atoms with Gasteiger partial charge in [-0.3, -0.25) is 14.5 Å². The summed E-state index contributed by atoms with van der Waals surface area (Å²) < 4.78 is 10.2. The number of aromatic nitrogens is 1. The Kier molecular flexibility index (Phi) is 5.91. The molecule has 0 bridgehead atoms. The van der Waals surface area contributed by atoms with Gasteiger partial charge >= 0.3 is 0 Å². The van der Waals surface area contributed by atoms with Crippen LogP contribution in [0.5, 0.6) is 0 Å². The number of carbonyl (C=O) groups excluding carboxylic acids is 2. The van der Waals surface area contributed by atoms with Gasteiger partial charge in [0.25, 0.3) is 0 Å². The number of morpholine rings is 1. The third-order valence-electron chi connectivity index (χ3n) is 3.47. The molecule has 2 heterocycles. The zero-order valence-electron chi connectivity index (χ0n) is 13.0. The van der Waals surface area contributed by atoms with E-state index in [0.29, 0.717) is 31.3 Å². The van der Waals surface area contributed by atoms with Crippen LogP contribution < -0.4 is 5.32 Å². The van der Waals surface area contributed by atoms with Crippen molar-refractivity contribution in [3.63, 3.8) is 0 Å². The van der Waals surface area contributed by atoms with E-state index < -0.39 is 0 Å². The molecule has 1 aromatic heterocycles. The molecule has 1 aliphatic rings. The molecule has 0 atom stereocenters. The van der Waals surface area contributed by atoms with Crippen molar-refractivity contribution in [2.24, 2.45) is 0 Å². The van der Waals surface area contributed by atoms with E-state index in [1.54, 1.807) is 13.0 Å². The summed E-state index contributed by atoms with van der Waals surface area (Å²) in [5.41, 5.74) is 0. The molecule has 0 saturated carbocycles. The van der Waals surface area contributed by atoms with Crippen LogP contribution in [0.4, 0.5) is 5.82 Å². The second-order valence-corrected chi connectivity index (χ2v) is 5.27. The van der Waals surface area contributed by atoms with Gasteiger partial charge in [-0.1, -0.05) is 5.16 Å². The molecule has 1 aromatic rings. The lowest BCUT2D eigenvalue weighted by molar-refractivity contribution is -0.133. The van der Waals surface area contributed by atoms with Crippen molar-refractivity contribution in [3.8, 4) is 0 Å². The van der Waals surface area contributed by atoms with Crippen LogP contribution in [0.1, 0.15) is 12.7 Å². The van der Waals surface area contributed by atoms with Crippen LogP contribution in [-0.2, 0) is 14.3 Å². The van der Waals surface area contributed by atoms with Crippen molar-refractivity contribution in [2.45, 2.75) is 13.8 Å². The summed E-state index contributed by atoms with van der Waals surface area (Å²) in [5, 5.41) is 6.31. The molecule has 22 heavy (non-hydrogen) atoms. The van der Waals surface area contributed by atoms with Gasteiger partial charge in [0.05, 0.1) is 19.8 Å². The summed E-state index contributed by atoms with van der Waals surface area (Å²) >= 11 is 0. The van der Waals surface area contributed by atoms with Crippen LogP contribution in [-0.4, -0.2) is 72.7 Å². The van der Waals surface area contributed by atoms with Crippen LogP contribution in [0.2, 0.25) is 0 Å². The van der Waals surface area contributed by atoms with Gasteiger partial charge in [-0.2, -0.15) is 0 Å². The lowest BCUT2D eigenvalue weighted by Crippen LogP contribution is -2.44. The first-order chi connectivity index (χ1) is 10.5. The van der Waals surface area contributed by atoms with Gasteiger partial charge in [-0.15, -0.1) is 0 Å². The molecule has 2 amide bonds. The summed E-state index contributed by atoms with van der Waals surface area (Å²) in [6.45, 7) is 7.61. The van der Waals surface area contributed by atoms with E-state index in [2.05, 4.69) is 15.4 Å². The van der Waals surface area contributed by atoms with Crippen LogP contribution in [0.25, 0.3) is 0 Å². The average molecular weight is 310 g/mol. The summed E-state index contributed by atoms with van der Waals surface area (Å²) in [6, 6.07) is 1.63. The van der Waals surface area contributed by atoms with E-state index >= 15 is 0 Å². The Bertz CT molecular complexity index is 511. The first-order valence-electron chi connectivity index (χ1n) is 7.33. The molecule has 0 radical (unpaired) electrons. The number of aryl methyl sites for hydroxylation is 1. The molecule has 8 nitrogen and oxygen atoms in total. The maximum Gasteiger partial charge on any atom is 0.245 e. The normalized spacial score (nSPS) is 15.5. The molecule has 0 spiro atoms. The molecule has 122 valence electrons. The first kappa shape index (κ1) is 16.4. The molecule has 1 aliphatic heterocycles. The number of hydrogen-bond donors (Lipinski definition) is 1. The average Bonchev–Trinajstić information content (AvgIpc) is 2.89. The molecule has 8 heteroatoms. The minimum Gasteiger partial charge on any atom is -0.379 e. The maximum absolute atomic E-state index is 12.0. The Morgan fingerprint density at radius 3 is 2.73 bits per heavy atom. The fourth-order valence-corrected chi connectivity index (χ4v) is 2.22. The van der Waals surface area contributed by atoms with Gasteiger partial charge in [0.15, 0.2) is 5.82 Å². The number of carbonyl (C=O) groups is 2. The minimum atomic E-state index is -0.287. The molecular weight excluding hydrogens is 288 g/mol. The number of amides is 2. The zero-order valence-corrected chi connectivity index (χ0v) is 13.0. The molecular formula is C14H22N4O4. The summed E-state index contributed by atoms with van der Waals surface area (Å²) in [6.07, 6.45) is 0. The van der Waals surface area contributed by atoms with E-state index in [0.717, 1.165) is 19.6 Å². The topological polar surface area (TPSA) is 87.9 Å². The highest BCUT2D eigenvalue weighted by Gasteiger charge is 2.17. The van der Waals surface area contributed by atoms with Crippen LogP contribution in [0, 0.1) is 6.92 Å². The summed E-state index contributed by atoms with van der Waals surface area (Å²) in [7, 11) is 0. The number of hydrogen-bond acceptors (Lipinski definition) is 6. The van der Waals surface area contributed by atoms with Gasteiger partial charge in [-0.05, 0) is 6.92 Å². The van der Waals surface area contributed by atoms with E-state index in [1.807, 2.05) is 0 Å². The third-order valence-corrected chi connectivity index (χ3v) is 3.47. The number of nitrogens with zero attached hydrogens (tertiary/aromatic N) is 3. The fourth-order valence-electron chi connectivity index (χ4n) is 2.22. The molecule has 1 fully saturated rings. The second kappa shape index (κ2) is 7.90. The number of nitrogens with one attached hydrogen (secondary N) is 1. The summed E-state index contributed by atoms with van der Waals surface area (Å²) in [4.78, 5) is 27.4. The van der Waals surface area contributed by atoms with E-state index in [-0.39, 0.29) is 18.4 Å². The molecule has 1 saturated heterocycles. The van der Waals surface area contributed by atoms with Gasteiger partial charge in [0.1, 0.15) is 5.76 Å². The highest BCUT2D eigenvalue weighted by molar-refractivity contribution is 5.93. The standard InChI is InChI=1S/C14H22N4O4/c1-11-9-13(16-22-11)15-14(20)10-18(12(2)19)4-3-17-5-7-21-8-6-17/h9H,3-8,10H2,1-2H3,(H,15,16,20). The van der Waals surface area contributed by atoms with Gasteiger partial charge < -0.3 is 19.5 Å². The fraction of sp³-hybridized carbons (Fsp3) is 0.643. The molecule has 0 unspecified atom stereocenters. The Morgan fingerprint density at radius 1 is 1.41 bits per heavy atom. The van der Waals surface area contributed by atoms with Crippen molar-refractivity contribution in [2.75, 3.05) is 51.3 Å². The Hall–Kier alpha value is -1.93. The van der Waals surface area contributed by atoms with Crippen LogP contribution >= 0.6 is 0 Å². The predicted molar refractivity (Wildman–Crippen MR) is 79.4 cm³/mol. The van der Waals surface area contributed by atoms with E-state index in [1.165, 1.54) is 11.8 Å². The highest BCUT2D eigenvalue weighted by Crippen LogP contribution is 2.07. The smallest absolute Gasteiger partial charge is 0.245 e. The van der Waals surface area contributed by atoms with Crippen molar-refractivity contribution in [1.82, 2.24) is 15.0 Å².